The van der Waals surface area contributed by atoms with Crippen molar-refractivity contribution < 1.29 is 33.3 Å². The molecule has 0 aromatic heterocycles. The van der Waals surface area contributed by atoms with Gasteiger partial charge in [-0.2, -0.15) is 0 Å². The minimum atomic E-state index is -0.684. The number of ether oxygens (including phenoxy) is 5. The molecule has 0 radical (unpaired) electrons. The van der Waals surface area contributed by atoms with E-state index in [1.807, 2.05) is 11.8 Å². The lowest BCUT2D eigenvalue weighted by atomic mass is 9.70. The SMILES string of the molecule is CCOC(=O)N1CCN(C[C@@]23[C@@H]4C[C@H]5[C@H]6[C@H](C)/C(=C7/OC(=O)C(C)=C7OC)O[C@]6(O4)[C@H]2CCN53)CC1. The van der Waals surface area contributed by atoms with E-state index in [2.05, 4.69) is 16.7 Å². The fourth-order valence-corrected chi connectivity index (χ4v) is 8.66. The van der Waals surface area contributed by atoms with Crippen LogP contribution < -0.4 is 0 Å². The zero-order valence-corrected chi connectivity index (χ0v) is 21.5. The molecule has 7 heterocycles. The molecule has 1 spiro atoms. The topological polar surface area (TPSA) is 90.0 Å². The van der Waals surface area contributed by atoms with Crippen molar-refractivity contribution in [2.75, 3.05) is 53.0 Å². The number of amides is 1. The Kier molecular flexibility index (Phi) is 4.83. The van der Waals surface area contributed by atoms with Crippen LogP contribution in [0.25, 0.3) is 0 Å². The number of methoxy groups -OCH3 is 1. The molecular formula is C26H35N3O7. The fourth-order valence-electron chi connectivity index (χ4n) is 8.66. The van der Waals surface area contributed by atoms with E-state index >= 15 is 0 Å². The number of hydrogen-bond acceptors (Lipinski definition) is 9. The first-order valence-corrected chi connectivity index (χ1v) is 13.3. The quantitative estimate of drug-likeness (QED) is 0.534. The molecule has 6 fully saturated rings. The molecular weight excluding hydrogens is 466 g/mol. The number of rotatable bonds is 4. The Balaban J connectivity index is 1.17. The second-order valence-electron chi connectivity index (χ2n) is 11.3. The van der Waals surface area contributed by atoms with Gasteiger partial charge in [-0.1, -0.05) is 6.92 Å². The average Bonchev–Trinajstić information content (AvgIpc) is 3.57. The number of fused-ring (bicyclic) bond motifs is 1. The summed E-state index contributed by atoms with van der Waals surface area (Å²) in [4.78, 5) is 31.5. The summed E-state index contributed by atoms with van der Waals surface area (Å²) in [6.07, 6.45) is 1.95. The average molecular weight is 502 g/mol. The van der Waals surface area contributed by atoms with E-state index < -0.39 is 5.79 Å². The van der Waals surface area contributed by atoms with E-state index in [4.69, 9.17) is 23.7 Å². The summed E-state index contributed by atoms with van der Waals surface area (Å²) < 4.78 is 30.2. The molecule has 0 aliphatic carbocycles. The van der Waals surface area contributed by atoms with Crippen molar-refractivity contribution in [1.29, 1.82) is 0 Å². The normalized spacial score (nSPS) is 46.4. The van der Waals surface area contributed by atoms with Crippen molar-refractivity contribution in [3.8, 4) is 0 Å². The molecule has 196 valence electrons. The molecule has 1 unspecified atom stereocenters. The molecule has 7 aliphatic heterocycles. The highest BCUT2D eigenvalue weighted by Crippen LogP contribution is 2.72. The zero-order valence-electron chi connectivity index (χ0n) is 21.5. The molecule has 8 atom stereocenters. The second kappa shape index (κ2) is 7.61. The highest BCUT2D eigenvalue weighted by molar-refractivity contribution is 5.93. The van der Waals surface area contributed by atoms with Crippen LogP contribution in [0, 0.1) is 17.8 Å². The molecule has 0 saturated carbocycles. The lowest BCUT2D eigenvalue weighted by molar-refractivity contribution is -0.256. The molecule has 10 nitrogen and oxygen atoms in total. The Hall–Kier alpha value is -2.30. The van der Waals surface area contributed by atoms with E-state index in [0.29, 0.717) is 48.6 Å². The number of carbonyl (C=O) groups is 2. The standard InChI is InChI=1S/C26H35N3O7/c1-5-33-24(31)28-10-8-27(9-11-28)13-25-17-6-7-29(25)16-12-18(25)35-26(17)19(16)14(2)21(36-26)22-20(32-4)15(3)23(30)34-22/h14,16-19H,5-13H2,1-4H3/b22-21-/t14-,16-,17-,18-,19+,25-,26+/m0/s1. The van der Waals surface area contributed by atoms with Crippen LogP contribution in [0.4, 0.5) is 4.79 Å². The van der Waals surface area contributed by atoms with Crippen molar-refractivity contribution in [3.63, 3.8) is 0 Å². The van der Waals surface area contributed by atoms with Crippen LogP contribution in [0.3, 0.4) is 0 Å². The Morgan fingerprint density at radius 3 is 2.69 bits per heavy atom. The summed E-state index contributed by atoms with van der Waals surface area (Å²) in [5.74, 6) is 1.03. The van der Waals surface area contributed by atoms with Gasteiger partial charge < -0.3 is 28.6 Å². The van der Waals surface area contributed by atoms with Gasteiger partial charge in [0.05, 0.1) is 36.9 Å². The molecule has 10 heteroatoms. The molecule has 6 saturated heterocycles. The molecule has 7 rings (SSSR count). The Morgan fingerprint density at radius 2 is 1.97 bits per heavy atom. The number of carbonyl (C=O) groups excluding carboxylic acids is 2. The van der Waals surface area contributed by atoms with Gasteiger partial charge in [0.2, 0.25) is 11.5 Å². The van der Waals surface area contributed by atoms with Crippen LogP contribution in [0.15, 0.2) is 22.9 Å². The summed E-state index contributed by atoms with van der Waals surface area (Å²) in [6, 6.07) is 0.379. The minimum Gasteiger partial charge on any atom is -0.492 e. The molecule has 1 amide bonds. The Labute approximate surface area is 211 Å². The van der Waals surface area contributed by atoms with Crippen LogP contribution in [0.2, 0.25) is 0 Å². The summed E-state index contributed by atoms with van der Waals surface area (Å²) in [6.45, 7) is 11.2. The lowest BCUT2D eigenvalue weighted by Gasteiger charge is -2.50. The van der Waals surface area contributed by atoms with Gasteiger partial charge >= 0.3 is 12.1 Å². The van der Waals surface area contributed by atoms with Crippen molar-refractivity contribution in [2.45, 2.75) is 57.1 Å². The fraction of sp³-hybridized carbons (Fsp3) is 0.769. The molecule has 5 bridgehead atoms. The number of nitrogens with zero attached hydrogens (tertiary/aromatic N) is 3. The number of cyclic esters (lactones) is 1. The maximum absolute atomic E-state index is 12.3. The minimum absolute atomic E-state index is 0.0575. The first-order chi connectivity index (χ1) is 17.4. The number of piperazine rings is 1. The molecule has 36 heavy (non-hydrogen) atoms. The van der Waals surface area contributed by atoms with E-state index in [1.54, 1.807) is 14.0 Å². The summed E-state index contributed by atoms with van der Waals surface area (Å²) in [5, 5.41) is 0. The van der Waals surface area contributed by atoms with Gasteiger partial charge in [-0.25, -0.2) is 9.59 Å². The van der Waals surface area contributed by atoms with Gasteiger partial charge in [0.25, 0.3) is 0 Å². The maximum Gasteiger partial charge on any atom is 0.409 e. The number of piperidine rings is 1. The summed E-state index contributed by atoms with van der Waals surface area (Å²) in [7, 11) is 1.57. The van der Waals surface area contributed by atoms with Crippen molar-refractivity contribution in [2.24, 2.45) is 17.8 Å². The first-order valence-electron chi connectivity index (χ1n) is 13.3. The Morgan fingerprint density at radius 1 is 1.19 bits per heavy atom. The summed E-state index contributed by atoms with van der Waals surface area (Å²) in [5.41, 5.74) is 0.399. The third-order valence-electron chi connectivity index (χ3n) is 9.97. The number of esters is 1. The van der Waals surface area contributed by atoms with Gasteiger partial charge in [0.1, 0.15) is 5.76 Å². The van der Waals surface area contributed by atoms with Crippen molar-refractivity contribution >= 4 is 12.1 Å². The third-order valence-corrected chi connectivity index (χ3v) is 9.97. The van der Waals surface area contributed by atoms with Crippen LogP contribution in [-0.2, 0) is 28.5 Å². The van der Waals surface area contributed by atoms with Gasteiger partial charge in [-0.3, -0.25) is 9.80 Å². The van der Waals surface area contributed by atoms with E-state index in [0.717, 1.165) is 39.0 Å². The van der Waals surface area contributed by atoms with Gasteiger partial charge in [-0.05, 0) is 33.2 Å². The van der Waals surface area contributed by atoms with Crippen molar-refractivity contribution in [3.05, 3.63) is 22.9 Å². The third kappa shape index (κ3) is 2.62. The van der Waals surface area contributed by atoms with E-state index in [-0.39, 0.29) is 41.5 Å². The van der Waals surface area contributed by atoms with Crippen molar-refractivity contribution in [1.82, 2.24) is 14.7 Å². The maximum atomic E-state index is 12.3. The highest BCUT2D eigenvalue weighted by Gasteiger charge is 2.84. The van der Waals surface area contributed by atoms with Crippen LogP contribution in [0.1, 0.15) is 33.6 Å². The van der Waals surface area contributed by atoms with Gasteiger partial charge in [0.15, 0.2) is 5.76 Å². The molecule has 0 aromatic rings. The van der Waals surface area contributed by atoms with Gasteiger partial charge in [0, 0.05) is 50.6 Å². The van der Waals surface area contributed by atoms with Crippen LogP contribution in [-0.4, -0.2) is 103 Å². The van der Waals surface area contributed by atoms with Crippen LogP contribution in [0.5, 0.6) is 0 Å². The second-order valence-corrected chi connectivity index (χ2v) is 11.3. The number of hydrogen-bond donors (Lipinski definition) is 0. The summed E-state index contributed by atoms with van der Waals surface area (Å²) >= 11 is 0. The largest absolute Gasteiger partial charge is 0.492 e. The van der Waals surface area contributed by atoms with Gasteiger partial charge in [-0.15, -0.1) is 0 Å². The predicted octanol–water partition coefficient (Wildman–Crippen LogP) is 1.67. The smallest absolute Gasteiger partial charge is 0.409 e. The predicted molar refractivity (Wildman–Crippen MR) is 125 cm³/mol. The van der Waals surface area contributed by atoms with E-state index in [1.165, 1.54) is 0 Å². The number of allylic oxidation sites excluding steroid dienone is 1. The zero-order chi connectivity index (χ0) is 25.0. The lowest BCUT2D eigenvalue weighted by Crippen LogP contribution is -2.65. The van der Waals surface area contributed by atoms with Crippen LogP contribution >= 0.6 is 0 Å². The van der Waals surface area contributed by atoms with E-state index in [9.17, 15) is 9.59 Å². The highest BCUT2D eigenvalue weighted by atomic mass is 16.7. The molecule has 7 aliphatic rings. The first kappa shape index (κ1) is 22.9. The Bertz CT molecular complexity index is 1080. The monoisotopic (exact) mass is 501 g/mol. The molecule has 0 N–H and O–H groups in total. The molecule has 0 aromatic carbocycles.